The molecule has 1 aromatic rings. The first-order chi connectivity index (χ1) is 9.19. The quantitative estimate of drug-likeness (QED) is 0.805. The fourth-order valence-corrected chi connectivity index (χ4v) is 3.30. The van der Waals surface area contributed by atoms with Crippen LogP contribution in [-0.2, 0) is 0 Å². The Morgan fingerprint density at radius 2 is 1.68 bits per heavy atom. The molecular weight excluding hydrogens is 239 g/mol. The summed E-state index contributed by atoms with van der Waals surface area (Å²) in [7, 11) is 0. The average Bonchev–Trinajstić information content (AvgIpc) is 2.42. The molecule has 1 aliphatic carbocycles. The van der Waals surface area contributed by atoms with Crippen molar-refractivity contribution in [3.8, 4) is 0 Å². The molecule has 1 nitrogen and oxygen atoms in total. The van der Waals surface area contributed by atoms with E-state index in [-0.39, 0.29) is 5.82 Å². The Balaban J connectivity index is 1.80. The van der Waals surface area contributed by atoms with Crippen molar-refractivity contribution >= 4 is 0 Å². The van der Waals surface area contributed by atoms with Crippen molar-refractivity contribution in [1.82, 2.24) is 0 Å². The number of aliphatic hydroxyl groups excluding tert-OH is 1. The van der Waals surface area contributed by atoms with Gasteiger partial charge in [0.15, 0.2) is 0 Å². The van der Waals surface area contributed by atoms with Crippen LogP contribution in [0.1, 0.15) is 63.5 Å². The van der Waals surface area contributed by atoms with Crippen LogP contribution in [0, 0.1) is 17.7 Å². The molecule has 1 saturated carbocycles. The van der Waals surface area contributed by atoms with Gasteiger partial charge in [-0.2, -0.15) is 0 Å². The Bertz CT molecular complexity index is 365. The molecule has 0 saturated heterocycles. The van der Waals surface area contributed by atoms with Gasteiger partial charge in [-0.1, -0.05) is 57.6 Å². The summed E-state index contributed by atoms with van der Waals surface area (Å²) in [6.45, 7) is 2.25. The minimum atomic E-state index is -0.437. The summed E-state index contributed by atoms with van der Waals surface area (Å²) in [5, 5.41) is 10.2. The molecule has 2 heteroatoms. The van der Waals surface area contributed by atoms with Crippen molar-refractivity contribution in [3.63, 3.8) is 0 Å². The van der Waals surface area contributed by atoms with Crippen LogP contribution in [0.15, 0.2) is 24.3 Å². The largest absolute Gasteiger partial charge is 0.388 e. The van der Waals surface area contributed by atoms with Gasteiger partial charge in [0.05, 0.1) is 6.10 Å². The molecule has 2 rings (SSSR count). The van der Waals surface area contributed by atoms with E-state index in [0.717, 1.165) is 17.9 Å². The van der Waals surface area contributed by atoms with E-state index < -0.39 is 6.10 Å². The second-order valence-corrected chi connectivity index (χ2v) is 5.98. The maximum absolute atomic E-state index is 12.8. The van der Waals surface area contributed by atoms with Crippen LogP contribution < -0.4 is 0 Å². The highest BCUT2D eigenvalue weighted by Gasteiger charge is 2.23. The number of hydrogen-bond acceptors (Lipinski definition) is 1. The third-order valence-corrected chi connectivity index (χ3v) is 4.47. The maximum Gasteiger partial charge on any atom is 0.123 e. The summed E-state index contributed by atoms with van der Waals surface area (Å²) < 4.78 is 12.8. The number of aliphatic hydroxyl groups is 1. The van der Waals surface area contributed by atoms with Crippen LogP contribution in [0.3, 0.4) is 0 Å². The fraction of sp³-hybridized carbons (Fsp3) is 0.647. The van der Waals surface area contributed by atoms with E-state index in [2.05, 4.69) is 6.92 Å². The van der Waals surface area contributed by atoms with Crippen LogP contribution in [0.4, 0.5) is 4.39 Å². The molecular formula is C17H25FO. The molecule has 0 heterocycles. The zero-order chi connectivity index (χ0) is 13.7. The van der Waals surface area contributed by atoms with E-state index in [4.69, 9.17) is 0 Å². The molecule has 1 aliphatic rings. The van der Waals surface area contributed by atoms with E-state index in [1.54, 1.807) is 12.1 Å². The average molecular weight is 264 g/mol. The van der Waals surface area contributed by atoms with Crippen molar-refractivity contribution in [1.29, 1.82) is 0 Å². The highest BCUT2D eigenvalue weighted by Crippen LogP contribution is 2.36. The van der Waals surface area contributed by atoms with Gasteiger partial charge < -0.3 is 5.11 Å². The Morgan fingerprint density at radius 3 is 2.26 bits per heavy atom. The van der Waals surface area contributed by atoms with Crippen LogP contribution in [-0.4, -0.2) is 5.11 Å². The standard InChI is InChI=1S/C17H25FO/c1-2-3-13-4-6-14(7-5-13)12-17(19)15-8-10-16(18)11-9-15/h8-11,13-14,17,19H,2-7,12H2,1H3. The Hall–Kier alpha value is -0.890. The molecule has 0 aliphatic heterocycles. The molecule has 1 unspecified atom stereocenters. The normalized spacial score (nSPS) is 25.2. The summed E-state index contributed by atoms with van der Waals surface area (Å²) in [6.07, 6.45) is 8.13. The van der Waals surface area contributed by atoms with Crippen molar-refractivity contribution in [2.45, 2.75) is 58.0 Å². The van der Waals surface area contributed by atoms with E-state index in [9.17, 15) is 9.50 Å². The number of halogens is 1. The summed E-state index contributed by atoms with van der Waals surface area (Å²) >= 11 is 0. The molecule has 1 N–H and O–H groups in total. The fourth-order valence-electron chi connectivity index (χ4n) is 3.30. The lowest BCUT2D eigenvalue weighted by Crippen LogP contribution is -2.16. The number of rotatable bonds is 5. The SMILES string of the molecule is CCCC1CCC(CC(O)c2ccc(F)cc2)CC1. The topological polar surface area (TPSA) is 20.2 Å². The number of hydrogen-bond donors (Lipinski definition) is 1. The summed E-state index contributed by atoms with van der Waals surface area (Å²) in [5.74, 6) is 1.30. The molecule has 1 aromatic carbocycles. The summed E-state index contributed by atoms with van der Waals surface area (Å²) in [6, 6.07) is 6.25. The van der Waals surface area contributed by atoms with Gasteiger partial charge in [-0.15, -0.1) is 0 Å². The van der Waals surface area contributed by atoms with Gasteiger partial charge in [0.1, 0.15) is 5.82 Å². The number of benzene rings is 1. The first-order valence-electron chi connectivity index (χ1n) is 7.62. The lowest BCUT2D eigenvalue weighted by atomic mass is 9.77. The third kappa shape index (κ3) is 4.31. The smallest absolute Gasteiger partial charge is 0.123 e. The predicted octanol–water partition coefficient (Wildman–Crippen LogP) is 4.86. The predicted molar refractivity (Wildman–Crippen MR) is 76.3 cm³/mol. The Morgan fingerprint density at radius 1 is 1.11 bits per heavy atom. The van der Waals surface area contributed by atoms with Crippen molar-refractivity contribution < 1.29 is 9.50 Å². The van der Waals surface area contributed by atoms with Gasteiger partial charge in [0, 0.05) is 0 Å². The molecule has 1 fully saturated rings. The monoisotopic (exact) mass is 264 g/mol. The molecule has 0 amide bonds. The molecule has 1 atom stereocenters. The van der Waals surface area contributed by atoms with Crippen LogP contribution in [0.2, 0.25) is 0 Å². The van der Waals surface area contributed by atoms with Crippen LogP contribution in [0.5, 0.6) is 0 Å². The van der Waals surface area contributed by atoms with Gasteiger partial charge in [0.25, 0.3) is 0 Å². The first-order valence-corrected chi connectivity index (χ1v) is 7.62. The molecule has 0 aromatic heterocycles. The van der Waals surface area contributed by atoms with Gasteiger partial charge in [-0.05, 0) is 36.0 Å². The minimum absolute atomic E-state index is 0.240. The minimum Gasteiger partial charge on any atom is -0.388 e. The lowest BCUT2D eigenvalue weighted by Gasteiger charge is -2.29. The van der Waals surface area contributed by atoms with Crippen molar-refractivity contribution in [3.05, 3.63) is 35.6 Å². The Labute approximate surface area is 115 Å². The second-order valence-electron chi connectivity index (χ2n) is 5.98. The van der Waals surface area contributed by atoms with E-state index >= 15 is 0 Å². The summed E-state index contributed by atoms with van der Waals surface area (Å²) in [4.78, 5) is 0. The van der Waals surface area contributed by atoms with Crippen molar-refractivity contribution in [2.75, 3.05) is 0 Å². The van der Waals surface area contributed by atoms with Gasteiger partial charge in [-0.25, -0.2) is 4.39 Å². The maximum atomic E-state index is 12.8. The summed E-state index contributed by atoms with van der Waals surface area (Å²) in [5.41, 5.74) is 0.845. The molecule has 19 heavy (non-hydrogen) atoms. The molecule has 106 valence electrons. The molecule has 0 bridgehead atoms. The van der Waals surface area contributed by atoms with E-state index in [1.165, 1.54) is 50.7 Å². The van der Waals surface area contributed by atoms with Gasteiger partial charge >= 0.3 is 0 Å². The van der Waals surface area contributed by atoms with Crippen LogP contribution in [0.25, 0.3) is 0 Å². The van der Waals surface area contributed by atoms with E-state index in [0.29, 0.717) is 5.92 Å². The highest BCUT2D eigenvalue weighted by atomic mass is 19.1. The first kappa shape index (κ1) is 14.5. The second kappa shape index (κ2) is 7.04. The highest BCUT2D eigenvalue weighted by molar-refractivity contribution is 5.18. The molecule has 0 radical (unpaired) electrons. The zero-order valence-electron chi connectivity index (χ0n) is 11.8. The lowest BCUT2D eigenvalue weighted by molar-refractivity contribution is 0.122. The van der Waals surface area contributed by atoms with Crippen LogP contribution >= 0.6 is 0 Å². The van der Waals surface area contributed by atoms with E-state index in [1.807, 2.05) is 0 Å². The Kier molecular flexibility index (Phi) is 5.38. The van der Waals surface area contributed by atoms with Crippen molar-refractivity contribution in [2.24, 2.45) is 11.8 Å². The van der Waals surface area contributed by atoms with Gasteiger partial charge in [-0.3, -0.25) is 0 Å². The van der Waals surface area contributed by atoms with Gasteiger partial charge in [0.2, 0.25) is 0 Å². The zero-order valence-corrected chi connectivity index (χ0v) is 11.8. The molecule has 0 spiro atoms. The third-order valence-electron chi connectivity index (χ3n) is 4.47.